The zero-order valence-electron chi connectivity index (χ0n) is 13.1. The summed E-state index contributed by atoms with van der Waals surface area (Å²) < 4.78 is 5.78. The molecule has 1 aliphatic rings. The minimum Gasteiger partial charge on any atom is -0.494 e. The molecule has 1 aliphatic carbocycles. The van der Waals surface area contributed by atoms with E-state index in [-0.39, 0.29) is 0 Å². The third kappa shape index (κ3) is 4.74. The maximum absolute atomic E-state index is 11.1. The first-order valence-corrected chi connectivity index (χ1v) is 7.67. The Morgan fingerprint density at radius 3 is 2.48 bits per heavy atom. The third-order valence-electron chi connectivity index (χ3n) is 3.90. The molecule has 1 atom stereocenters. The molecule has 2 rings (SSSR count). The summed E-state index contributed by atoms with van der Waals surface area (Å²) in [5.74, 6) is 0.161. The molecule has 4 heteroatoms. The third-order valence-corrected chi connectivity index (χ3v) is 3.90. The number of aliphatic carboxylic acids is 1. The van der Waals surface area contributed by atoms with Gasteiger partial charge in [-0.05, 0) is 63.3 Å². The number of carbonyl (C=O) groups is 1. The predicted octanol–water partition coefficient (Wildman–Crippen LogP) is 3.01. The van der Waals surface area contributed by atoms with Crippen LogP contribution in [0.5, 0.6) is 5.75 Å². The normalized spacial score (nSPS) is 16.0. The number of hydrogen-bond donors (Lipinski definition) is 1. The zero-order valence-corrected chi connectivity index (χ0v) is 13.1. The van der Waals surface area contributed by atoms with Crippen LogP contribution in [0.1, 0.15) is 37.3 Å². The molecule has 21 heavy (non-hydrogen) atoms. The van der Waals surface area contributed by atoms with Crippen LogP contribution in [0.25, 0.3) is 0 Å². The Labute approximate surface area is 126 Å². The fourth-order valence-electron chi connectivity index (χ4n) is 2.69. The molecule has 0 radical (unpaired) electrons. The molecule has 0 aliphatic heterocycles. The van der Waals surface area contributed by atoms with Crippen molar-refractivity contribution in [2.75, 3.05) is 13.2 Å². The Hall–Kier alpha value is -1.55. The molecule has 0 aromatic heterocycles. The molecule has 0 amide bonds. The first-order chi connectivity index (χ1) is 9.97. The average Bonchev–Trinajstić information content (AvgIpc) is 3.21. The van der Waals surface area contributed by atoms with E-state index in [1.54, 1.807) is 6.92 Å². The van der Waals surface area contributed by atoms with Crippen LogP contribution in [0.4, 0.5) is 0 Å². The van der Waals surface area contributed by atoms with Gasteiger partial charge < -0.3 is 9.84 Å². The maximum Gasteiger partial charge on any atom is 0.320 e. The number of hydrogen-bond acceptors (Lipinski definition) is 3. The van der Waals surface area contributed by atoms with Crippen molar-refractivity contribution in [2.24, 2.45) is 0 Å². The number of benzene rings is 1. The molecule has 4 nitrogen and oxygen atoms in total. The van der Waals surface area contributed by atoms with E-state index < -0.39 is 12.0 Å². The molecule has 1 N–H and O–H groups in total. The van der Waals surface area contributed by atoms with Gasteiger partial charge in [0.15, 0.2) is 0 Å². The van der Waals surface area contributed by atoms with Crippen LogP contribution < -0.4 is 4.74 Å². The van der Waals surface area contributed by atoms with Gasteiger partial charge in [-0.3, -0.25) is 9.69 Å². The smallest absolute Gasteiger partial charge is 0.320 e. The van der Waals surface area contributed by atoms with E-state index in [0.717, 1.165) is 31.6 Å². The average molecular weight is 291 g/mol. The molecule has 1 aromatic carbocycles. The van der Waals surface area contributed by atoms with E-state index in [0.29, 0.717) is 12.6 Å². The molecule has 1 aromatic rings. The highest BCUT2D eigenvalue weighted by Gasteiger charge is 2.34. The summed E-state index contributed by atoms with van der Waals surface area (Å²) >= 11 is 0. The molecular weight excluding hydrogens is 266 g/mol. The number of aryl methyl sites for hydroxylation is 2. The van der Waals surface area contributed by atoms with Crippen molar-refractivity contribution >= 4 is 5.97 Å². The van der Waals surface area contributed by atoms with Crippen molar-refractivity contribution in [3.05, 3.63) is 29.3 Å². The first kappa shape index (κ1) is 15.8. The lowest BCUT2D eigenvalue weighted by Crippen LogP contribution is -2.41. The van der Waals surface area contributed by atoms with Gasteiger partial charge in [-0.25, -0.2) is 0 Å². The van der Waals surface area contributed by atoms with E-state index in [1.165, 1.54) is 11.1 Å². The number of nitrogens with zero attached hydrogens (tertiary/aromatic N) is 1. The summed E-state index contributed by atoms with van der Waals surface area (Å²) in [6.45, 7) is 7.29. The van der Waals surface area contributed by atoms with Crippen LogP contribution >= 0.6 is 0 Å². The highest BCUT2D eigenvalue weighted by Crippen LogP contribution is 2.28. The summed E-state index contributed by atoms with van der Waals surface area (Å²) in [5.41, 5.74) is 2.40. The number of carboxylic acids is 1. The molecular formula is C17H25NO3. The first-order valence-electron chi connectivity index (χ1n) is 7.67. The monoisotopic (exact) mass is 291 g/mol. The van der Waals surface area contributed by atoms with Crippen LogP contribution in [0, 0.1) is 13.8 Å². The van der Waals surface area contributed by atoms with Crippen LogP contribution in [0.15, 0.2) is 18.2 Å². The van der Waals surface area contributed by atoms with Gasteiger partial charge in [0.25, 0.3) is 0 Å². The highest BCUT2D eigenvalue weighted by atomic mass is 16.5. The van der Waals surface area contributed by atoms with E-state index in [2.05, 4.69) is 24.8 Å². The molecule has 1 unspecified atom stereocenters. The van der Waals surface area contributed by atoms with Crippen molar-refractivity contribution in [1.82, 2.24) is 4.90 Å². The Balaban J connectivity index is 1.78. The summed E-state index contributed by atoms with van der Waals surface area (Å²) in [6, 6.07) is 6.24. The van der Waals surface area contributed by atoms with Crippen LogP contribution in [-0.2, 0) is 4.79 Å². The van der Waals surface area contributed by atoms with Gasteiger partial charge in [-0.15, -0.1) is 0 Å². The maximum atomic E-state index is 11.1. The lowest BCUT2D eigenvalue weighted by Gasteiger charge is -2.26. The minimum absolute atomic E-state index is 0.404. The molecule has 116 valence electrons. The van der Waals surface area contributed by atoms with Gasteiger partial charge in [-0.2, -0.15) is 0 Å². The second kappa shape index (κ2) is 6.94. The van der Waals surface area contributed by atoms with Gasteiger partial charge in [0.2, 0.25) is 0 Å². The number of carboxylic acid groups (broad SMARTS) is 1. The number of ether oxygens (including phenoxy) is 1. The zero-order chi connectivity index (χ0) is 15.4. The van der Waals surface area contributed by atoms with Gasteiger partial charge in [-0.1, -0.05) is 6.07 Å². The summed E-state index contributed by atoms with van der Waals surface area (Å²) in [7, 11) is 0. The lowest BCUT2D eigenvalue weighted by molar-refractivity contribution is -0.142. The van der Waals surface area contributed by atoms with Crippen molar-refractivity contribution in [1.29, 1.82) is 0 Å². The Bertz CT molecular complexity index is 477. The lowest BCUT2D eigenvalue weighted by atomic mass is 10.1. The van der Waals surface area contributed by atoms with E-state index >= 15 is 0 Å². The predicted molar refractivity (Wildman–Crippen MR) is 82.9 cm³/mol. The van der Waals surface area contributed by atoms with Gasteiger partial charge in [0.05, 0.1) is 6.61 Å². The van der Waals surface area contributed by atoms with Gasteiger partial charge in [0.1, 0.15) is 11.8 Å². The molecule has 0 heterocycles. The van der Waals surface area contributed by atoms with Crippen LogP contribution in [0.2, 0.25) is 0 Å². The topological polar surface area (TPSA) is 49.8 Å². The molecule has 0 spiro atoms. The largest absolute Gasteiger partial charge is 0.494 e. The van der Waals surface area contributed by atoms with Gasteiger partial charge >= 0.3 is 5.97 Å². The van der Waals surface area contributed by atoms with Crippen LogP contribution in [-0.4, -0.2) is 41.2 Å². The Morgan fingerprint density at radius 2 is 1.95 bits per heavy atom. The molecule has 1 fully saturated rings. The Kier molecular flexibility index (Phi) is 5.23. The van der Waals surface area contributed by atoms with Crippen molar-refractivity contribution < 1.29 is 14.6 Å². The van der Waals surface area contributed by atoms with Gasteiger partial charge in [0, 0.05) is 12.6 Å². The van der Waals surface area contributed by atoms with E-state index in [4.69, 9.17) is 9.84 Å². The summed E-state index contributed by atoms with van der Waals surface area (Å²) in [6.07, 6.45) is 3.09. The molecule has 1 saturated carbocycles. The fourth-order valence-corrected chi connectivity index (χ4v) is 2.69. The SMILES string of the molecule is Cc1cc(C)cc(OCCCN(C2CC2)C(C)C(=O)O)c1. The fraction of sp³-hybridized carbons (Fsp3) is 0.588. The second-order valence-electron chi connectivity index (χ2n) is 6.01. The quantitative estimate of drug-likeness (QED) is 0.748. The van der Waals surface area contributed by atoms with Crippen molar-refractivity contribution in [3.63, 3.8) is 0 Å². The van der Waals surface area contributed by atoms with E-state index in [1.807, 2.05) is 12.1 Å². The van der Waals surface area contributed by atoms with E-state index in [9.17, 15) is 4.79 Å². The van der Waals surface area contributed by atoms with Crippen molar-refractivity contribution in [2.45, 2.75) is 52.1 Å². The molecule has 0 saturated heterocycles. The Morgan fingerprint density at radius 1 is 1.33 bits per heavy atom. The number of rotatable bonds is 8. The summed E-state index contributed by atoms with van der Waals surface area (Å²) in [5, 5.41) is 9.15. The minimum atomic E-state index is -0.739. The highest BCUT2D eigenvalue weighted by molar-refractivity contribution is 5.73. The second-order valence-corrected chi connectivity index (χ2v) is 6.01. The summed E-state index contributed by atoms with van der Waals surface area (Å²) in [4.78, 5) is 13.2. The van der Waals surface area contributed by atoms with Crippen LogP contribution in [0.3, 0.4) is 0 Å². The molecule has 0 bridgehead atoms. The standard InChI is InChI=1S/C17H25NO3/c1-12-9-13(2)11-16(10-12)21-8-4-7-18(15-5-6-15)14(3)17(19)20/h9-11,14-15H,4-8H2,1-3H3,(H,19,20). The van der Waals surface area contributed by atoms with Crippen molar-refractivity contribution in [3.8, 4) is 5.75 Å².